The Hall–Kier alpha value is -3.52. The van der Waals surface area contributed by atoms with E-state index in [2.05, 4.69) is 41.5 Å². The van der Waals surface area contributed by atoms with Crippen molar-refractivity contribution in [2.75, 3.05) is 17.6 Å². The highest BCUT2D eigenvalue weighted by Crippen LogP contribution is 2.32. The van der Waals surface area contributed by atoms with Crippen molar-refractivity contribution in [3.05, 3.63) is 87.3 Å². The zero-order valence-corrected chi connectivity index (χ0v) is 26.9. The van der Waals surface area contributed by atoms with Crippen molar-refractivity contribution in [3.8, 4) is 17.1 Å². The predicted octanol–water partition coefficient (Wildman–Crippen LogP) is 6.85. The Morgan fingerprint density at radius 2 is 1.88 bits per heavy atom. The fourth-order valence-corrected chi connectivity index (χ4v) is 6.38. The normalized spacial score (nSPS) is 12.5. The third kappa shape index (κ3) is 7.71. The van der Waals surface area contributed by atoms with E-state index < -0.39 is 15.1 Å². The van der Waals surface area contributed by atoms with Crippen LogP contribution in [0.5, 0.6) is 5.75 Å². The lowest BCUT2D eigenvalue weighted by Crippen LogP contribution is -2.28. The molecule has 0 fully saturated rings. The number of rotatable bonds is 12. The predicted molar refractivity (Wildman–Crippen MR) is 172 cm³/mol. The van der Waals surface area contributed by atoms with Gasteiger partial charge in [0.2, 0.25) is 0 Å². The first-order valence-corrected chi connectivity index (χ1v) is 16.9. The van der Waals surface area contributed by atoms with Crippen molar-refractivity contribution in [2.45, 2.75) is 38.7 Å². The first kappa shape index (κ1) is 30.9. The van der Waals surface area contributed by atoms with Crippen LogP contribution in [0.3, 0.4) is 0 Å². The van der Waals surface area contributed by atoms with Crippen LogP contribution in [0.1, 0.15) is 37.4 Å². The summed E-state index contributed by atoms with van der Waals surface area (Å²) in [5.41, 5.74) is 3.57. The average molecular weight is 686 g/mol. The number of nitrogens with zero attached hydrogens (tertiary/aromatic N) is 4. The van der Waals surface area contributed by atoms with Gasteiger partial charge in [-0.05, 0) is 78.7 Å². The van der Waals surface area contributed by atoms with Gasteiger partial charge in [0.15, 0.2) is 9.84 Å². The summed E-state index contributed by atoms with van der Waals surface area (Å²) in [4.78, 5) is 18.2. The zero-order chi connectivity index (χ0) is 30.6. The summed E-state index contributed by atoms with van der Waals surface area (Å²) < 4.78 is 44.3. The third-order valence-electron chi connectivity index (χ3n) is 6.71. The van der Waals surface area contributed by atoms with Gasteiger partial charge in [-0.2, -0.15) is 0 Å². The quantitative estimate of drug-likeness (QED) is 0.145. The van der Waals surface area contributed by atoms with Crippen LogP contribution in [-0.4, -0.2) is 45.9 Å². The molecule has 0 aliphatic carbocycles. The second-order valence-electron chi connectivity index (χ2n) is 10.2. The molecule has 224 valence electrons. The minimum absolute atomic E-state index is 0.0798. The van der Waals surface area contributed by atoms with Crippen LogP contribution < -0.4 is 15.4 Å². The maximum absolute atomic E-state index is 13.5. The van der Waals surface area contributed by atoms with E-state index in [1.165, 1.54) is 29.8 Å². The summed E-state index contributed by atoms with van der Waals surface area (Å²) in [6, 6.07) is 13.7. The summed E-state index contributed by atoms with van der Waals surface area (Å²) in [5.74, 6) is 1.00. The molecule has 0 spiro atoms. The Bertz CT molecular complexity index is 1850. The number of pyridine rings is 1. The van der Waals surface area contributed by atoms with Gasteiger partial charge in [0.05, 0.1) is 44.6 Å². The number of nitrogens with one attached hydrogen (secondary N) is 2. The molecule has 1 unspecified atom stereocenters. The Morgan fingerprint density at radius 3 is 2.65 bits per heavy atom. The van der Waals surface area contributed by atoms with Gasteiger partial charge in [0.1, 0.15) is 35.3 Å². The fraction of sp³-hybridized carbons (Fsp3) is 0.267. The summed E-state index contributed by atoms with van der Waals surface area (Å²) in [6.45, 7) is 5.94. The smallest absolute Gasteiger partial charge is 0.153 e. The van der Waals surface area contributed by atoms with Crippen LogP contribution in [0.15, 0.2) is 70.9 Å². The summed E-state index contributed by atoms with van der Waals surface area (Å²) in [7, 11) is -3.11. The van der Waals surface area contributed by atoms with Crippen molar-refractivity contribution in [3.63, 3.8) is 0 Å². The third-order valence-corrected chi connectivity index (χ3v) is 10.6. The fourth-order valence-electron chi connectivity index (χ4n) is 4.16. The van der Waals surface area contributed by atoms with Crippen molar-refractivity contribution >= 4 is 59.5 Å². The Morgan fingerprint density at radius 1 is 1.05 bits per heavy atom. The second kappa shape index (κ2) is 13.4. The topological polar surface area (TPSA) is 119 Å². The average Bonchev–Trinajstić information content (AvgIpc) is 3.47. The molecule has 0 aliphatic rings. The molecule has 2 aromatic carbocycles. The molecule has 5 rings (SSSR count). The number of ether oxygens (including phenoxy) is 1. The van der Waals surface area contributed by atoms with Gasteiger partial charge in [0.25, 0.3) is 0 Å². The van der Waals surface area contributed by atoms with Crippen molar-refractivity contribution < 1.29 is 17.5 Å². The van der Waals surface area contributed by atoms with Crippen LogP contribution in [0, 0.1) is 5.82 Å². The number of hydrogen-bond acceptors (Lipinski definition) is 10. The lowest BCUT2D eigenvalue weighted by molar-refractivity contribution is 0.303. The van der Waals surface area contributed by atoms with Gasteiger partial charge in [-0.25, -0.2) is 27.8 Å². The van der Waals surface area contributed by atoms with Crippen LogP contribution >= 0.6 is 27.3 Å². The molecule has 43 heavy (non-hydrogen) atoms. The Balaban J connectivity index is 1.29. The van der Waals surface area contributed by atoms with E-state index in [4.69, 9.17) is 9.72 Å². The number of thiazole rings is 1. The minimum atomic E-state index is -3.11. The first-order valence-electron chi connectivity index (χ1n) is 13.5. The molecule has 13 heteroatoms. The van der Waals surface area contributed by atoms with Crippen LogP contribution in [0.4, 0.5) is 15.9 Å². The molecule has 3 aromatic heterocycles. The summed E-state index contributed by atoms with van der Waals surface area (Å²) in [5, 5.41) is 9.76. The Kier molecular flexibility index (Phi) is 9.65. The standard InChI is InChI=1S/C30H30BrFN6O3S2/c1-18(2)43(39,40)10-9-33-19(3)30-38-27(16-42-30)25-13-23-26(14-34-25)35-17-36-29(23)37-22-7-8-28(24(31)12-22)41-15-20-5-4-6-21(32)11-20/h4-8,11-14,16-19,33H,9-10,15H2,1-3H3,(H,35,36,37). The molecule has 0 amide bonds. The second-order valence-corrected chi connectivity index (χ2v) is 14.6. The van der Waals surface area contributed by atoms with Crippen LogP contribution in [0.25, 0.3) is 22.3 Å². The van der Waals surface area contributed by atoms with Gasteiger partial charge in [-0.3, -0.25) is 4.98 Å². The number of hydrogen-bond donors (Lipinski definition) is 2. The summed E-state index contributed by atoms with van der Waals surface area (Å²) >= 11 is 5.05. The monoisotopic (exact) mass is 684 g/mol. The van der Waals surface area contributed by atoms with Gasteiger partial charge < -0.3 is 15.4 Å². The molecule has 0 radical (unpaired) electrons. The maximum Gasteiger partial charge on any atom is 0.153 e. The molecule has 0 saturated heterocycles. The SMILES string of the molecule is CC(NCCS(=O)(=O)C(C)C)c1nc(-c2cc3c(Nc4ccc(OCc5cccc(F)c5)c(Br)c4)ncnc3cn2)cs1. The van der Waals surface area contributed by atoms with Crippen molar-refractivity contribution in [1.29, 1.82) is 0 Å². The van der Waals surface area contributed by atoms with Gasteiger partial charge in [-0.1, -0.05) is 12.1 Å². The van der Waals surface area contributed by atoms with Gasteiger partial charge in [0, 0.05) is 23.0 Å². The Labute approximate surface area is 262 Å². The molecule has 3 heterocycles. The number of halogens is 2. The highest BCUT2D eigenvalue weighted by molar-refractivity contribution is 9.10. The highest BCUT2D eigenvalue weighted by atomic mass is 79.9. The molecule has 0 aliphatic heterocycles. The molecule has 2 N–H and O–H groups in total. The lowest BCUT2D eigenvalue weighted by atomic mass is 10.2. The lowest BCUT2D eigenvalue weighted by Gasteiger charge is -2.13. The summed E-state index contributed by atoms with van der Waals surface area (Å²) in [6.07, 6.45) is 3.17. The van der Waals surface area contributed by atoms with E-state index in [-0.39, 0.29) is 24.2 Å². The molecule has 5 aromatic rings. The van der Waals surface area contributed by atoms with E-state index in [1.807, 2.05) is 42.6 Å². The van der Waals surface area contributed by atoms with E-state index in [9.17, 15) is 12.8 Å². The number of benzene rings is 2. The molecule has 0 saturated carbocycles. The number of anilines is 2. The number of sulfone groups is 1. The molecular weight excluding hydrogens is 655 g/mol. The largest absolute Gasteiger partial charge is 0.488 e. The highest BCUT2D eigenvalue weighted by Gasteiger charge is 2.18. The molecule has 1 atom stereocenters. The van der Waals surface area contributed by atoms with E-state index in [0.717, 1.165) is 26.1 Å². The van der Waals surface area contributed by atoms with Crippen LogP contribution in [0.2, 0.25) is 0 Å². The molecular formula is C30H30BrFN6O3S2. The number of fused-ring (bicyclic) bond motifs is 1. The minimum Gasteiger partial charge on any atom is -0.488 e. The van der Waals surface area contributed by atoms with Crippen molar-refractivity contribution in [1.82, 2.24) is 25.3 Å². The first-order chi connectivity index (χ1) is 20.6. The van der Waals surface area contributed by atoms with Gasteiger partial charge >= 0.3 is 0 Å². The van der Waals surface area contributed by atoms with E-state index in [0.29, 0.717) is 35.0 Å². The number of aromatic nitrogens is 4. The maximum atomic E-state index is 13.5. The van der Waals surface area contributed by atoms with E-state index >= 15 is 0 Å². The van der Waals surface area contributed by atoms with E-state index in [1.54, 1.807) is 26.1 Å². The zero-order valence-electron chi connectivity index (χ0n) is 23.7. The van der Waals surface area contributed by atoms with Gasteiger partial charge in [-0.15, -0.1) is 11.3 Å². The van der Waals surface area contributed by atoms with Crippen LogP contribution in [-0.2, 0) is 16.4 Å². The molecule has 0 bridgehead atoms. The van der Waals surface area contributed by atoms with Crippen molar-refractivity contribution in [2.24, 2.45) is 0 Å². The molecule has 9 nitrogen and oxygen atoms in total.